The number of hydrogen-bond donors (Lipinski definition) is 1. The van der Waals surface area contributed by atoms with Crippen LogP contribution in [-0.2, 0) is 4.74 Å². The standard InChI is InChI=1S/C18H23N3O2/c1-2-23-18(22)16-17(13-8-4-3-5-9-13)21(12-20-16)15-11-7-6-10-14(15)19/h3-5,8-9,12,14-15H,2,6-7,10-11,19H2,1H3. The average Bonchev–Trinajstić information content (AvgIpc) is 3.01. The van der Waals surface area contributed by atoms with Crippen molar-refractivity contribution in [2.24, 2.45) is 5.73 Å². The van der Waals surface area contributed by atoms with E-state index in [0.717, 1.165) is 36.9 Å². The number of rotatable bonds is 4. The number of ether oxygens (including phenoxy) is 1. The molecule has 1 saturated carbocycles. The molecule has 0 spiro atoms. The molecule has 0 saturated heterocycles. The third-order valence-electron chi connectivity index (χ3n) is 4.45. The zero-order valence-corrected chi connectivity index (χ0v) is 13.4. The number of imidazole rings is 1. The SMILES string of the molecule is CCOC(=O)c1ncn(C2CCCCC2N)c1-c1ccccc1. The first-order valence-corrected chi connectivity index (χ1v) is 8.27. The van der Waals surface area contributed by atoms with Crippen molar-refractivity contribution in [2.45, 2.75) is 44.7 Å². The fourth-order valence-electron chi connectivity index (χ4n) is 3.33. The molecule has 1 fully saturated rings. The molecule has 0 bridgehead atoms. The van der Waals surface area contributed by atoms with Crippen molar-refractivity contribution in [3.8, 4) is 11.3 Å². The van der Waals surface area contributed by atoms with Crippen LogP contribution in [0.1, 0.15) is 49.1 Å². The molecule has 122 valence electrons. The minimum absolute atomic E-state index is 0.0930. The molecule has 5 heteroatoms. The van der Waals surface area contributed by atoms with E-state index in [2.05, 4.69) is 9.55 Å². The first-order chi connectivity index (χ1) is 11.2. The van der Waals surface area contributed by atoms with Gasteiger partial charge in [-0.05, 0) is 19.8 Å². The maximum Gasteiger partial charge on any atom is 0.359 e. The molecule has 2 atom stereocenters. The Morgan fingerprint density at radius 3 is 2.74 bits per heavy atom. The quantitative estimate of drug-likeness (QED) is 0.880. The molecule has 0 aliphatic heterocycles. The topological polar surface area (TPSA) is 70.1 Å². The van der Waals surface area contributed by atoms with E-state index in [-0.39, 0.29) is 18.1 Å². The fraction of sp³-hybridized carbons (Fsp3) is 0.444. The molecule has 0 radical (unpaired) electrons. The number of hydrogen-bond acceptors (Lipinski definition) is 4. The van der Waals surface area contributed by atoms with Gasteiger partial charge in [-0.25, -0.2) is 9.78 Å². The van der Waals surface area contributed by atoms with Crippen molar-refractivity contribution in [2.75, 3.05) is 6.61 Å². The molecule has 1 aromatic heterocycles. The average molecular weight is 313 g/mol. The normalized spacial score (nSPS) is 21.1. The third-order valence-corrected chi connectivity index (χ3v) is 4.45. The van der Waals surface area contributed by atoms with Crippen molar-refractivity contribution >= 4 is 5.97 Å². The lowest BCUT2D eigenvalue weighted by atomic mass is 9.90. The van der Waals surface area contributed by atoms with Crippen LogP contribution in [0.2, 0.25) is 0 Å². The van der Waals surface area contributed by atoms with E-state index >= 15 is 0 Å². The molecule has 5 nitrogen and oxygen atoms in total. The van der Waals surface area contributed by atoms with Crippen molar-refractivity contribution in [3.05, 3.63) is 42.4 Å². The minimum Gasteiger partial charge on any atom is -0.461 e. The van der Waals surface area contributed by atoms with Crippen LogP contribution in [0.5, 0.6) is 0 Å². The summed E-state index contributed by atoms with van der Waals surface area (Å²) in [5, 5.41) is 0. The summed E-state index contributed by atoms with van der Waals surface area (Å²) < 4.78 is 7.25. The van der Waals surface area contributed by atoms with E-state index in [9.17, 15) is 4.79 Å². The second-order valence-corrected chi connectivity index (χ2v) is 5.95. The summed E-state index contributed by atoms with van der Waals surface area (Å²) >= 11 is 0. The van der Waals surface area contributed by atoms with Crippen molar-refractivity contribution in [1.29, 1.82) is 0 Å². The van der Waals surface area contributed by atoms with Gasteiger partial charge in [0.25, 0.3) is 0 Å². The number of esters is 1. The fourth-order valence-corrected chi connectivity index (χ4v) is 3.33. The van der Waals surface area contributed by atoms with Gasteiger partial charge in [0.05, 0.1) is 24.7 Å². The first kappa shape index (κ1) is 15.7. The Balaban J connectivity index is 2.07. The van der Waals surface area contributed by atoms with E-state index in [1.165, 1.54) is 0 Å². The summed E-state index contributed by atoms with van der Waals surface area (Å²) in [6, 6.07) is 10.1. The van der Waals surface area contributed by atoms with Gasteiger partial charge in [0.1, 0.15) is 0 Å². The van der Waals surface area contributed by atoms with Crippen LogP contribution < -0.4 is 5.73 Å². The smallest absolute Gasteiger partial charge is 0.359 e. The van der Waals surface area contributed by atoms with Gasteiger partial charge in [-0.2, -0.15) is 0 Å². The van der Waals surface area contributed by atoms with Gasteiger partial charge in [0.2, 0.25) is 0 Å². The highest BCUT2D eigenvalue weighted by atomic mass is 16.5. The van der Waals surface area contributed by atoms with Gasteiger partial charge in [-0.1, -0.05) is 43.2 Å². The summed E-state index contributed by atoms with van der Waals surface area (Å²) in [5.74, 6) is -0.380. The number of aromatic nitrogens is 2. The number of carbonyl (C=O) groups is 1. The Morgan fingerprint density at radius 2 is 2.04 bits per heavy atom. The highest BCUT2D eigenvalue weighted by Crippen LogP contribution is 2.33. The van der Waals surface area contributed by atoms with Gasteiger partial charge in [-0.3, -0.25) is 0 Å². The lowest BCUT2D eigenvalue weighted by Gasteiger charge is -2.31. The van der Waals surface area contributed by atoms with Gasteiger partial charge in [0.15, 0.2) is 5.69 Å². The molecular weight excluding hydrogens is 290 g/mol. The molecule has 1 aliphatic rings. The molecular formula is C18H23N3O2. The van der Waals surface area contributed by atoms with Crippen molar-refractivity contribution in [1.82, 2.24) is 9.55 Å². The lowest BCUT2D eigenvalue weighted by Crippen LogP contribution is -2.35. The molecule has 2 unspecified atom stereocenters. The number of nitrogens with two attached hydrogens (primary N) is 1. The Bertz CT molecular complexity index is 666. The van der Waals surface area contributed by atoms with E-state index in [1.54, 1.807) is 13.3 Å². The van der Waals surface area contributed by atoms with E-state index in [0.29, 0.717) is 12.3 Å². The predicted molar refractivity (Wildman–Crippen MR) is 89.1 cm³/mol. The Labute approximate surface area is 136 Å². The molecule has 2 N–H and O–H groups in total. The zero-order chi connectivity index (χ0) is 16.2. The second-order valence-electron chi connectivity index (χ2n) is 5.95. The molecule has 0 amide bonds. The van der Waals surface area contributed by atoms with Crippen LogP contribution in [-0.4, -0.2) is 28.2 Å². The largest absolute Gasteiger partial charge is 0.461 e. The van der Waals surface area contributed by atoms with Crippen LogP contribution in [0.15, 0.2) is 36.7 Å². The highest BCUT2D eigenvalue weighted by Gasteiger charge is 2.29. The van der Waals surface area contributed by atoms with E-state index in [4.69, 9.17) is 10.5 Å². The molecule has 1 aromatic carbocycles. The van der Waals surface area contributed by atoms with Gasteiger partial charge in [-0.15, -0.1) is 0 Å². The van der Waals surface area contributed by atoms with Crippen molar-refractivity contribution in [3.63, 3.8) is 0 Å². The highest BCUT2D eigenvalue weighted by molar-refractivity contribution is 5.94. The number of carbonyl (C=O) groups excluding carboxylic acids is 1. The number of nitrogens with zero attached hydrogens (tertiary/aromatic N) is 2. The third kappa shape index (κ3) is 3.15. The van der Waals surface area contributed by atoms with Crippen LogP contribution in [0.25, 0.3) is 11.3 Å². The zero-order valence-electron chi connectivity index (χ0n) is 13.4. The van der Waals surface area contributed by atoms with Crippen LogP contribution in [0.4, 0.5) is 0 Å². The molecule has 1 heterocycles. The lowest BCUT2D eigenvalue weighted by molar-refractivity contribution is 0.0521. The predicted octanol–water partition coefficient (Wildman–Crippen LogP) is 3.17. The minimum atomic E-state index is -0.380. The summed E-state index contributed by atoms with van der Waals surface area (Å²) in [5.41, 5.74) is 8.48. The Morgan fingerprint density at radius 1 is 1.30 bits per heavy atom. The summed E-state index contributed by atoms with van der Waals surface area (Å²) in [6.07, 6.45) is 6.08. The molecule has 2 aromatic rings. The molecule has 3 rings (SSSR count). The summed E-state index contributed by atoms with van der Waals surface area (Å²) in [4.78, 5) is 16.6. The van der Waals surface area contributed by atoms with Crippen LogP contribution in [0.3, 0.4) is 0 Å². The van der Waals surface area contributed by atoms with Gasteiger partial charge in [0, 0.05) is 11.6 Å². The first-order valence-electron chi connectivity index (χ1n) is 8.27. The van der Waals surface area contributed by atoms with Crippen LogP contribution in [0, 0.1) is 0 Å². The van der Waals surface area contributed by atoms with Crippen molar-refractivity contribution < 1.29 is 9.53 Å². The van der Waals surface area contributed by atoms with Gasteiger partial charge >= 0.3 is 5.97 Å². The van der Waals surface area contributed by atoms with Crippen LogP contribution >= 0.6 is 0 Å². The Kier molecular flexibility index (Phi) is 4.76. The van der Waals surface area contributed by atoms with E-state index in [1.807, 2.05) is 30.3 Å². The number of benzene rings is 1. The second kappa shape index (κ2) is 6.96. The monoisotopic (exact) mass is 313 g/mol. The Hall–Kier alpha value is -2.14. The molecule has 1 aliphatic carbocycles. The maximum absolute atomic E-state index is 12.3. The summed E-state index contributed by atoms with van der Waals surface area (Å²) in [7, 11) is 0. The molecule has 23 heavy (non-hydrogen) atoms. The van der Waals surface area contributed by atoms with Gasteiger partial charge < -0.3 is 15.0 Å². The maximum atomic E-state index is 12.3. The van der Waals surface area contributed by atoms with E-state index < -0.39 is 0 Å². The summed E-state index contributed by atoms with van der Waals surface area (Å²) in [6.45, 7) is 2.14.